The van der Waals surface area contributed by atoms with E-state index in [2.05, 4.69) is 0 Å². The molecular weight excluding hydrogens is 407 g/mol. The first kappa shape index (κ1) is 21.7. The standard InChI is InChI=1S/C22H23FN2O4S/c1-3-25(19-10-8-18(23)9-11-19)22(26)16-24(15-20-5-4-14-29-20)30(27,28)21-12-6-17(2)7-13-21/h4-14H,3,15-16H2,1-2H3. The zero-order valence-electron chi connectivity index (χ0n) is 16.8. The lowest BCUT2D eigenvalue weighted by molar-refractivity contribution is -0.118. The number of hydrogen-bond donors (Lipinski definition) is 0. The summed E-state index contributed by atoms with van der Waals surface area (Å²) in [5, 5.41) is 0. The highest BCUT2D eigenvalue weighted by atomic mass is 32.2. The Balaban J connectivity index is 1.90. The van der Waals surface area contributed by atoms with Gasteiger partial charge in [0, 0.05) is 12.2 Å². The molecule has 0 fully saturated rings. The van der Waals surface area contributed by atoms with Crippen molar-refractivity contribution >= 4 is 21.6 Å². The van der Waals surface area contributed by atoms with E-state index >= 15 is 0 Å². The number of carbonyl (C=O) groups excluding carboxylic acids is 1. The highest BCUT2D eigenvalue weighted by Gasteiger charge is 2.29. The molecule has 3 aromatic rings. The van der Waals surface area contributed by atoms with Crippen molar-refractivity contribution in [2.45, 2.75) is 25.3 Å². The lowest BCUT2D eigenvalue weighted by Crippen LogP contribution is -2.42. The van der Waals surface area contributed by atoms with E-state index in [-0.39, 0.29) is 18.0 Å². The molecule has 0 N–H and O–H groups in total. The van der Waals surface area contributed by atoms with E-state index in [0.717, 1.165) is 9.87 Å². The second kappa shape index (κ2) is 9.23. The van der Waals surface area contributed by atoms with Crippen molar-refractivity contribution in [3.05, 3.63) is 84.1 Å². The number of rotatable bonds is 8. The number of aryl methyl sites for hydroxylation is 1. The van der Waals surface area contributed by atoms with E-state index < -0.39 is 21.7 Å². The van der Waals surface area contributed by atoms with Crippen LogP contribution in [0, 0.1) is 12.7 Å². The fourth-order valence-corrected chi connectivity index (χ4v) is 4.38. The normalized spacial score (nSPS) is 11.6. The average molecular weight is 431 g/mol. The van der Waals surface area contributed by atoms with Crippen molar-refractivity contribution < 1.29 is 22.0 Å². The molecule has 0 saturated heterocycles. The summed E-state index contributed by atoms with van der Waals surface area (Å²) in [4.78, 5) is 14.5. The number of sulfonamides is 1. The van der Waals surface area contributed by atoms with Crippen LogP contribution in [0.5, 0.6) is 0 Å². The first-order valence-electron chi connectivity index (χ1n) is 9.46. The molecule has 0 aliphatic heterocycles. The lowest BCUT2D eigenvalue weighted by Gasteiger charge is -2.26. The van der Waals surface area contributed by atoms with Gasteiger partial charge in [0.25, 0.3) is 0 Å². The van der Waals surface area contributed by atoms with Gasteiger partial charge in [0.2, 0.25) is 15.9 Å². The molecule has 0 radical (unpaired) electrons. The Kier molecular flexibility index (Phi) is 6.69. The third-order valence-corrected chi connectivity index (χ3v) is 6.44. The van der Waals surface area contributed by atoms with Gasteiger partial charge in [0.05, 0.1) is 24.2 Å². The van der Waals surface area contributed by atoms with Crippen LogP contribution in [0.2, 0.25) is 0 Å². The van der Waals surface area contributed by atoms with Crippen LogP contribution in [-0.4, -0.2) is 31.7 Å². The van der Waals surface area contributed by atoms with Crippen molar-refractivity contribution in [2.24, 2.45) is 0 Å². The van der Waals surface area contributed by atoms with Gasteiger partial charge in [-0.15, -0.1) is 0 Å². The number of likely N-dealkylation sites (N-methyl/N-ethyl adjacent to an activating group) is 1. The lowest BCUT2D eigenvalue weighted by atomic mass is 10.2. The summed E-state index contributed by atoms with van der Waals surface area (Å²) in [5.74, 6) is -0.418. The third kappa shape index (κ3) is 4.95. The topological polar surface area (TPSA) is 70.8 Å². The van der Waals surface area contributed by atoms with Gasteiger partial charge in [-0.3, -0.25) is 4.79 Å². The third-order valence-electron chi connectivity index (χ3n) is 4.64. The molecule has 8 heteroatoms. The molecule has 0 atom stereocenters. The fraction of sp³-hybridized carbons (Fsp3) is 0.227. The minimum Gasteiger partial charge on any atom is -0.468 e. The molecule has 0 aliphatic rings. The molecule has 1 amide bonds. The molecule has 0 saturated carbocycles. The molecule has 1 heterocycles. The Hall–Kier alpha value is -2.97. The van der Waals surface area contributed by atoms with E-state index in [1.165, 1.54) is 47.6 Å². The molecule has 6 nitrogen and oxygen atoms in total. The number of carbonyl (C=O) groups is 1. The molecule has 0 spiro atoms. The van der Waals surface area contributed by atoms with Gasteiger partial charge >= 0.3 is 0 Å². The minimum absolute atomic E-state index is 0.0874. The SMILES string of the molecule is CCN(C(=O)CN(Cc1ccco1)S(=O)(=O)c1ccc(C)cc1)c1ccc(F)cc1. The summed E-state index contributed by atoms with van der Waals surface area (Å²) in [7, 11) is -3.95. The highest BCUT2D eigenvalue weighted by molar-refractivity contribution is 7.89. The zero-order valence-corrected chi connectivity index (χ0v) is 17.6. The van der Waals surface area contributed by atoms with Crippen molar-refractivity contribution in [2.75, 3.05) is 18.0 Å². The Morgan fingerprint density at radius 2 is 1.70 bits per heavy atom. The predicted octanol–water partition coefficient (Wildman–Crippen LogP) is 3.97. The van der Waals surface area contributed by atoms with Crippen LogP contribution < -0.4 is 4.90 Å². The summed E-state index contributed by atoms with van der Waals surface area (Å²) in [5.41, 5.74) is 1.42. The van der Waals surface area contributed by atoms with Crippen LogP contribution in [0.25, 0.3) is 0 Å². The van der Waals surface area contributed by atoms with Crippen LogP contribution in [0.1, 0.15) is 18.2 Å². The molecule has 30 heavy (non-hydrogen) atoms. The molecular formula is C22H23FN2O4S. The Morgan fingerprint density at radius 1 is 1.03 bits per heavy atom. The van der Waals surface area contributed by atoms with Gasteiger partial charge in [-0.05, 0) is 62.4 Å². The fourth-order valence-electron chi connectivity index (χ4n) is 3.02. The van der Waals surface area contributed by atoms with E-state index in [0.29, 0.717) is 18.0 Å². The van der Waals surface area contributed by atoms with E-state index in [4.69, 9.17) is 4.42 Å². The number of hydrogen-bond acceptors (Lipinski definition) is 4. The van der Waals surface area contributed by atoms with Crippen LogP contribution in [0.4, 0.5) is 10.1 Å². The quantitative estimate of drug-likeness (QED) is 0.542. The Morgan fingerprint density at radius 3 is 2.27 bits per heavy atom. The van der Waals surface area contributed by atoms with Gasteiger partial charge in [-0.2, -0.15) is 4.31 Å². The Labute approximate surface area is 175 Å². The maximum atomic E-state index is 13.3. The van der Waals surface area contributed by atoms with Gasteiger partial charge in [0.1, 0.15) is 11.6 Å². The number of anilines is 1. The highest BCUT2D eigenvalue weighted by Crippen LogP contribution is 2.21. The van der Waals surface area contributed by atoms with Crippen molar-refractivity contribution in [1.82, 2.24) is 4.31 Å². The van der Waals surface area contributed by atoms with E-state index in [1.54, 1.807) is 31.2 Å². The van der Waals surface area contributed by atoms with E-state index in [9.17, 15) is 17.6 Å². The average Bonchev–Trinajstić information content (AvgIpc) is 3.23. The van der Waals surface area contributed by atoms with Crippen LogP contribution in [0.3, 0.4) is 0 Å². The zero-order chi connectivity index (χ0) is 21.7. The summed E-state index contributed by atoms with van der Waals surface area (Å²) < 4.78 is 46.2. The first-order valence-corrected chi connectivity index (χ1v) is 10.9. The second-order valence-corrected chi connectivity index (χ2v) is 8.72. The van der Waals surface area contributed by atoms with Crippen LogP contribution in [0.15, 0.2) is 76.2 Å². The van der Waals surface area contributed by atoms with Crippen molar-refractivity contribution in [3.63, 3.8) is 0 Å². The summed E-state index contributed by atoms with van der Waals surface area (Å²) in [6, 6.07) is 15.2. The summed E-state index contributed by atoms with van der Waals surface area (Å²) in [6.07, 6.45) is 1.45. The van der Waals surface area contributed by atoms with Gasteiger partial charge < -0.3 is 9.32 Å². The number of amides is 1. The predicted molar refractivity (Wildman–Crippen MR) is 112 cm³/mol. The molecule has 0 aliphatic carbocycles. The number of furan rings is 1. The maximum Gasteiger partial charge on any atom is 0.243 e. The molecule has 2 aromatic carbocycles. The van der Waals surface area contributed by atoms with Crippen LogP contribution >= 0.6 is 0 Å². The van der Waals surface area contributed by atoms with Gasteiger partial charge in [-0.25, -0.2) is 12.8 Å². The van der Waals surface area contributed by atoms with Gasteiger partial charge in [0.15, 0.2) is 0 Å². The molecule has 158 valence electrons. The largest absolute Gasteiger partial charge is 0.468 e. The van der Waals surface area contributed by atoms with E-state index in [1.807, 2.05) is 6.92 Å². The molecule has 1 aromatic heterocycles. The number of halogens is 1. The van der Waals surface area contributed by atoms with Crippen LogP contribution in [-0.2, 0) is 21.4 Å². The second-order valence-electron chi connectivity index (χ2n) is 6.78. The monoisotopic (exact) mass is 430 g/mol. The molecule has 3 rings (SSSR count). The number of nitrogens with zero attached hydrogens (tertiary/aromatic N) is 2. The smallest absolute Gasteiger partial charge is 0.243 e. The first-order chi connectivity index (χ1) is 14.3. The van der Waals surface area contributed by atoms with Gasteiger partial charge in [-0.1, -0.05) is 17.7 Å². The van der Waals surface area contributed by atoms with Crippen molar-refractivity contribution in [1.29, 1.82) is 0 Å². The summed E-state index contributed by atoms with van der Waals surface area (Å²) in [6.45, 7) is 3.47. The minimum atomic E-state index is -3.95. The van der Waals surface area contributed by atoms with Crippen molar-refractivity contribution in [3.8, 4) is 0 Å². The Bertz CT molecular complexity index is 1080. The number of benzene rings is 2. The molecule has 0 bridgehead atoms. The maximum absolute atomic E-state index is 13.3. The molecule has 0 unspecified atom stereocenters. The summed E-state index contributed by atoms with van der Waals surface area (Å²) >= 11 is 0.